The molecule has 0 unspecified atom stereocenters. The van der Waals surface area contributed by atoms with E-state index in [9.17, 15) is 9.59 Å². The zero-order valence-electron chi connectivity index (χ0n) is 13.0. The Morgan fingerprint density at radius 1 is 1.29 bits per heavy atom. The van der Waals surface area contributed by atoms with Crippen LogP contribution in [0.2, 0.25) is 5.02 Å². The largest absolute Gasteiger partial charge is 0.350 e. The van der Waals surface area contributed by atoms with Crippen molar-refractivity contribution in [1.82, 2.24) is 15.1 Å². The number of rotatable bonds is 4. The Balaban J connectivity index is 1.65. The average molecular weight is 411 g/mol. The van der Waals surface area contributed by atoms with E-state index in [0.717, 1.165) is 41.4 Å². The lowest BCUT2D eigenvalue weighted by Gasteiger charge is -2.16. The molecule has 24 heavy (non-hydrogen) atoms. The van der Waals surface area contributed by atoms with E-state index in [4.69, 9.17) is 11.6 Å². The van der Waals surface area contributed by atoms with Gasteiger partial charge in [0.15, 0.2) is 0 Å². The van der Waals surface area contributed by atoms with Crippen LogP contribution in [0.15, 0.2) is 33.5 Å². The number of halogens is 2. The quantitative estimate of drug-likeness (QED) is 0.843. The number of hydrogen-bond acceptors (Lipinski definition) is 3. The molecule has 0 bridgehead atoms. The minimum Gasteiger partial charge on any atom is -0.350 e. The fraction of sp³-hybridized carbons (Fsp3) is 0.353. The van der Waals surface area contributed by atoms with Gasteiger partial charge in [-0.15, -0.1) is 0 Å². The molecule has 2 aromatic rings. The number of benzene rings is 1. The number of nitrogens with one attached hydrogen (secondary N) is 1. The summed E-state index contributed by atoms with van der Waals surface area (Å²) in [5.74, 6) is -0.271. The number of aromatic nitrogens is 2. The Morgan fingerprint density at radius 3 is 2.92 bits per heavy atom. The number of carbonyl (C=O) groups excluding carboxylic acids is 1. The molecule has 1 aliphatic rings. The Labute approximate surface area is 153 Å². The van der Waals surface area contributed by atoms with Gasteiger partial charge in [-0.25, -0.2) is 4.68 Å². The van der Waals surface area contributed by atoms with Crippen molar-refractivity contribution in [3.05, 3.63) is 60.9 Å². The number of fused-ring (bicyclic) bond motifs is 1. The summed E-state index contributed by atoms with van der Waals surface area (Å²) in [7, 11) is 0. The molecule has 3 rings (SSSR count). The van der Waals surface area contributed by atoms with Crippen LogP contribution in [0, 0.1) is 0 Å². The van der Waals surface area contributed by atoms with Gasteiger partial charge >= 0.3 is 0 Å². The molecule has 126 valence electrons. The fourth-order valence-electron chi connectivity index (χ4n) is 2.80. The van der Waals surface area contributed by atoms with Crippen LogP contribution in [0.1, 0.15) is 34.5 Å². The maximum atomic E-state index is 12.2. The molecule has 5 nitrogen and oxygen atoms in total. The number of aryl methyl sites for hydroxylation is 2. The van der Waals surface area contributed by atoms with E-state index in [2.05, 4.69) is 26.3 Å². The van der Waals surface area contributed by atoms with Crippen molar-refractivity contribution in [2.24, 2.45) is 0 Å². The molecule has 0 radical (unpaired) electrons. The van der Waals surface area contributed by atoms with Crippen LogP contribution in [0.25, 0.3) is 0 Å². The summed E-state index contributed by atoms with van der Waals surface area (Å²) < 4.78 is 2.21. The lowest BCUT2D eigenvalue weighted by Crippen LogP contribution is -2.33. The highest BCUT2D eigenvalue weighted by Crippen LogP contribution is 2.20. The Kier molecular flexibility index (Phi) is 5.36. The van der Waals surface area contributed by atoms with Crippen LogP contribution >= 0.6 is 27.5 Å². The van der Waals surface area contributed by atoms with Crippen molar-refractivity contribution in [1.29, 1.82) is 0 Å². The second-order valence-electron chi connectivity index (χ2n) is 5.76. The first-order chi connectivity index (χ1) is 11.5. The second-order valence-corrected chi connectivity index (χ2v) is 7.09. The Hall–Kier alpha value is -1.66. The zero-order chi connectivity index (χ0) is 17.1. The molecule has 1 aromatic heterocycles. The van der Waals surface area contributed by atoms with Gasteiger partial charge in [-0.2, -0.15) is 5.10 Å². The summed E-state index contributed by atoms with van der Waals surface area (Å²) in [5.41, 5.74) is 2.34. The number of hydrogen-bond donors (Lipinski definition) is 1. The van der Waals surface area contributed by atoms with Gasteiger partial charge in [0.1, 0.15) is 0 Å². The minimum atomic E-state index is -0.271. The van der Waals surface area contributed by atoms with Gasteiger partial charge in [-0.05, 0) is 49.4 Å². The highest BCUT2D eigenvalue weighted by molar-refractivity contribution is 9.10. The normalized spacial score (nSPS) is 13.4. The topological polar surface area (TPSA) is 64.0 Å². The third-order valence-corrected chi connectivity index (χ3v) is 4.88. The first-order valence-electron chi connectivity index (χ1n) is 7.88. The Morgan fingerprint density at radius 2 is 2.08 bits per heavy atom. The van der Waals surface area contributed by atoms with Crippen molar-refractivity contribution in [2.45, 2.75) is 32.2 Å². The predicted molar refractivity (Wildman–Crippen MR) is 96.6 cm³/mol. The molecule has 0 fully saturated rings. The van der Waals surface area contributed by atoms with Crippen LogP contribution in [0.4, 0.5) is 0 Å². The van der Waals surface area contributed by atoms with E-state index in [1.807, 2.05) is 0 Å². The summed E-state index contributed by atoms with van der Waals surface area (Å²) in [6, 6.07) is 6.78. The predicted octanol–water partition coefficient (Wildman–Crippen LogP) is 2.97. The molecule has 0 saturated carbocycles. The summed E-state index contributed by atoms with van der Waals surface area (Å²) in [6.07, 6.45) is 4.06. The summed E-state index contributed by atoms with van der Waals surface area (Å²) in [4.78, 5) is 24.3. The molecule has 0 atom stereocenters. The molecule has 1 N–H and O–H groups in total. The SMILES string of the molecule is O=C(NCCn1nc2c(cc1=O)CCCC2)c1cc(Br)ccc1Cl. The number of carbonyl (C=O) groups is 1. The van der Waals surface area contributed by atoms with E-state index in [1.165, 1.54) is 4.68 Å². The van der Waals surface area contributed by atoms with Crippen LogP contribution in [-0.2, 0) is 19.4 Å². The van der Waals surface area contributed by atoms with Crippen LogP contribution in [-0.4, -0.2) is 22.2 Å². The minimum absolute atomic E-state index is 0.120. The van der Waals surface area contributed by atoms with Gasteiger partial charge in [0.05, 0.1) is 22.8 Å². The molecule has 1 aromatic carbocycles. The average Bonchev–Trinajstić information content (AvgIpc) is 2.57. The third kappa shape index (κ3) is 3.87. The zero-order valence-corrected chi connectivity index (χ0v) is 15.4. The van der Waals surface area contributed by atoms with Crippen molar-refractivity contribution < 1.29 is 4.79 Å². The molecule has 7 heteroatoms. The summed E-state index contributed by atoms with van der Waals surface area (Å²) in [5, 5.41) is 7.60. The molecule has 0 saturated heterocycles. The maximum absolute atomic E-state index is 12.2. The number of amides is 1. The van der Waals surface area contributed by atoms with Gasteiger partial charge in [-0.3, -0.25) is 9.59 Å². The monoisotopic (exact) mass is 409 g/mol. The number of nitrogens with zero attached hydrogens (tertiary/aromatic N) is 2. The Bertz CT molecular complexity index is 835. The summed E-state index contributed by atoms with van der Waals surface area (Å²) in [6.45, 7) is 0.650. The lowest BCUT2D eigenvalue weighted by atomic mass is 9.97. The highest BCUT2D eigenvalue weighted by Gasteiger charge is 2.14. The molecule has 1 amide bonds. The van der Waals surface area contributed by atoms with Gasteiger partial charge in [0, 0.05) is 17.1 Å². The lowest BCUT2D eigenvalue weighted by molar-refractivity contribution is 0.0952. The van der Waals surface area contributed by atoms with Gasteiger partial charge in [-0.1, -0.05) is 27.5 Å². The third-order valence-electron chi connectivity index (χ3n) is 4.06. The van der Waals surface area contributed by atoms with Crippen molar-refractivity contribution in [2.75, 3.05) is 6.54 Å². The second kappa shape index (κ2) is 7.49. The van der Waals surface area contributed by atoms with E-state index < -0.39 is 0 Å². The maximum Gasteiger partial charge on any atom is 0.267 e. The molecule has 1 aliphatic carbocycles. The van der Waals surface area contributed by atoms with E-state index in [1.54, 1.807) is 24.3 Å². The van der Waals surface area contributed by atoms with Gasteiger partial charge in [0.25, 0.3) is 11.5 Å². The van der Waals surface area contributed by atoms with Crippen LogP contribution < -0.4 is 10.9 Å². The van der Waals surface area contributed by atoms with Crippen LogP contribution in [0.5, 0.6) is 0 Å². The molecular weight excluding hydrogens is 394 g/mol. The molecular formula is C17H17BrClN3O2. The van der Waals surface area contributed by atoms with Gasteiger partial charge in [0.2, 0.25) is 0 Å². The highest BCUT2D eigenvalue weighted by atomic mass is 79.9. The first-order valence-corrected chi connectivity index (χ1v) is 9.05. The fourth-order valence-corrected chi connectivity index (χ4v) is 3.37. The molecule has 1 heterocycles. The first kappa shape index (κ1) is 17.2. The van der Waals surface area contributed by atoms with E-state index in [-0.39, 0.29) is 11.5 Å². The van der Waals surface area contributed by atoms with Crippen molar-refractivity contribution in [3.8, 4) is 0 Å². The van der Waals surface area contributed by atoms with Crippen molar-refractivity contribution in [3.63, 3.8) is 0 Å². The van der Waals surface area contributed by atoms with E-state index in [0.29, 0.717) is 23.7 Å². The smallest absolute Gasteiger partial charge is 0.267 e. The van der Waals surface area contributed by atoms with Crippen molar-refractivity contribution >= 4 is 33.4 Å². The standard InChI is InChI=1S/C17H17BrClN3O2/c18-12-5-6-14(19)13(10-12)17(24)20-7-8-22-16(23)9-11-3-1-2-4-15(11)21-22/h5-6,9-10H,1-4,7-8H2,(H,20,24). The van der Waals surface area contributed by atoms with Gasteiger partial charge < -0.3 is 5.32 Å². The molecule has 0 aliphatic heterocycles. The molecule has 0 spiro atoms. The van der Waals surface area contributed by atoms with Crippen LogP contribution in [0.3, 0.4) is 0 Å². The summed E-state index contributed by atoms with van der Waals surface area (Å²) >= 11 is 9.36. The van der Waals surface area contributed by atoms with E-state index >= 15 is 0 Å².